The lowest BCUT2D eigenvalue weighted by Gasteiger charge is -2.13. The number of aromatic nitrogens is 2. The number of nitrogens with zero attached hydrogens (tertiary/aromatic N) is 2. The van der Waals surface area contributed by atoms with Gasteiger partial charge in [0.2, 0.25) is 0 Å². The van der Waals surface area contributed by atoms with Crippen molar-refractivity contribution in [2.24, 2.45) is 7.05 Å². The molecule has 0 saturated carbocycles. The molecule has 1 heterocycles. The Labute approximate surface area is 108 Å². The van der Waals surface area contributed by atoms with Gasteiger partial charge in [0.1, 0.15) is 6.04 Å². The Morgan fingerprint density at radius 1 is 1.42 bits per heavy atom. The molecule has 9 heteroatoms. The molecule has 0 spiro atoms. The van der Waals surface area contributed by atoms with Crippen LogP contribution in [0.5, 0.6) is 0 Å². The smallest absolute Gasteiger partial charge is 0.326 e. The fourth-order valence-electron chi connectivity index (χ4n) is 1.32. The van der Waals surface area contributed by atoms with Gasteiger partial charge in [-0.25, -0.2) is 9.59 Å². The number of carboxylic acid groups (broad SMARTS) is 2. The second-order valence-electron chi connectivity index (χ2n) is 3.80. The van der Waals surface area contributed by atoms with Crippen LogP contribution in [0.15, 0.2) is 12.3 Å². The van der Waals surface area contributed by atoms with Gasteiger partial charge in [-0.15, -0.1) is 0 Å². The Kier molecular flexibility index (Phi) is 4.86. The molecule has 0 fully saturated rings. The molecule has 0 aromatic carbocycles. The van der Waals surface area contributed by atoms with Gasteiger partial charge in [0.15, 0.2) is 5.82 Å². The second kappa shape index (κ2) is 6.38. The number of amides is 2. The minimum Gasteiger partial charge on any atom is -0.481 e. The maximum Gasteiger partial charge on any atom is 0.326 e. The van der Waals surface area contributed by atoms with E-state index in [4.69, 9.17) is 10.2 Å². The average Bonchev–Trinajstić information content (AvgIpc) is 2.69. The zero-order chi connectivity index (χ0) is 14.4. The van der Waals surface area contributed by atoms with Gasteiger partial charge in [-0.05, 0) is 6.42 Å². The summed E-state index contributed by atoms with van der Waals surface area (Å²) in [5.41, 5.74) is 0. The van der Waals surface area contributed by atoms with Gasteiger partial charge in [-0.3, -0.25) is 14.8 Å². The zero-order valence-corrected chi connectivity index (χ0v) is 10.2. The molecule has 0 radical (unpaired) electrons. The van der Waals surface area contributed by atoms with Crippen LogP contribution in [0.1, 0.15) is 12.8 Å². The predicted octanol–water partition coefficient (Wildman–Crippen LogP) is -0.140. The van der Waals surface area contributed by atoms with Crippen LogP contribution in [0, 0.1) is 0 Å². The van der Waals surface area contributed by atoms with Gasteiger partial charge < -0.3 is 15.5 Å². The Balaban J connectivity index is 2.51. The van der Waals surface area contributed by atoms with E-state index in [1.807, 2.05) is 0 Å². The van der Waals surface area contributed by atoms with E-state index in [9.17, 15) is 14.4 Å². The van der Waals surface area contributed by atoms with E-state index < -0.39 is 24.0 Å². The van der Waals surface area contributed by atoms with Crippen molar-refractivity contribution in [3.63, 3.8) is 0 Å². The van der Waals surface area contributed by atoms with Crippen LogP contribution in [-0.2, 0) is 16.6 Å². The Hall–Kier alpha value is -2.58. The lowest BCUT2D eigenvalue weighted by molar-refractivity contribution is -0.140. The van der Waals surface area contributed by atoms with Crippen LogP contribution in [0.3, 0.4) is 0 Å². The lowest BCUT2D eigenvalue weighted by Crippen LogP contribution is -2.43. The normalized spacial score (nSPS) is 11.6. The third-order valence-corrected chi connectivity index (χ3v) is 2.21. The molecule has 4 N–H and O–H groups in total. The van der Waals surface area contributed by atoms with Crippen molar-refractivity contribution in [1.29, 1.82) is 0 Å². The minimum atomic E-state index is -1.29. The van der Waals surface area contributed by atoms with Gasteiger partial charge in [-0.1, -0.05) is 0 Å². The Morgan fingerprint density at radius 2 is 2.11 bits per heavy atom. The van der Waals surface area contributed by atoms with E-state index in [-0.39, 0.29) is 18.7 Å². The van der Waals surface area contributed by atoms with Gasteiger partial charge in [-0.2, -0.15) is 5.10 Å². The molecular formula is C10H14N4O5. The molecule has 0 bridgehead atoms. The number of rotatable bonds is 6. The highest BCUT2D eigenvalue weighted by Gasteiger charge is 2.21. The Bertz CT molecular complexity index is 484. The average molecular weight is 270 g/mol. The summed E-state index contributed by atoms with van der Waals surface area (Å²) in [5, 5.41) is 25.7. The maximum absolute atomic E-state index is 11.5. The molecule has 2 amide bonds. The summed E-state index contributed by atoms with van der Waals surface area (Å²) in [4.78, 5) is 32.7. The third-order valence-electron chi connectivity index (χ3n) is 2.21. The standard InChI is InChI=1S/C10H14N4O5/c1-14-5-4-7(13-14)12-10(19)11-6(9(17)18)2-3-8(15)16/h4-6H,2-3H2,1H3,(H,15,16)(H,17,18)(H2,11,12,13,19). The molecule has 0 aliphatic rings. The van der Waals surface area contributed by atoms with E-state index in [0.29, 0.717) is 0 Å². The highest BCUT2D eigenvalue weighted by Crippen LogP contribution is 2.02. The largest absolute Gasteiger partial charge is 0.481 e. The van der Waals surface area contributed by atoms with E-state index in [2.05, 4.69) is 15.7 Å². The minimum absolute atomic E-state index is 0.194. The molecule has 0 aliphatic carbocycles. The van der Waals surface area contributed by atoms with Crippen molar-refractivity contribution in [3.05, 3.63) is 12.3 Å². The van der Waals surface area contributed by atoms with Crippen molar-refractivity contribution in [3.8, 4) is 0 Å². The van der Waals surface area contributed by atoms with Gasteiger partial charge in [0.25, 0.3) is 0 Å². The lowest BCUT2D eigenvalue weighted by atomic mass is 10.1. The Morgan fingerprint density at radius 3 is 2.58 bits per heavy atom. The number of nitrogens with one attached hydrogen (secondary N) is 2. The molecule has 1 rings (SSSR count). The number of hydrogen-bond donors (Lipinski definition) is 4. The molecule has 104 valence electrons. The quantitative estimate of drug-likeness (QED) is 0.568. The number of anilines is 1. The van der Waals surface area contributed by atoms with Gasteiger partial charge in [0, 0.05) is 25.7 Å². The summed E-state index contributed by atoms with van der Waals surface area (Å²) >= 11 is 0. The maximum atomic E-state index is 11.5. The summed E-state index contributed by atoms with van der Waals surface area (Å²) < 4.78 is 1.47. The first-order chi connectivity index (χ1) is 8.88. The fraction of sp³-hybridized carbons (Fsp3) is 0.400. The van der Waals surface area contributed by atoms with Crippen LogP contribution < -0.4 is 10.6 Å². The van der Waals surface area contributed by atoms with E-state index in [0.717, 1.165) is 0 Å². The molecule has 1 aromatic heterocycles. The van der Waals surface area contributed by atoms with Crippen LogP contribution in [-0.4, -0.2) is 44.0 Å². The molecule has 0 saturated heterocycles. The highest BCUT2D eigenvalue weighted by atomic mass is 16.4. The number of carbonyl (C=O) groups excluding carboxylic acids is 1. The third kappa shape index (κ3) is 5.06. The summed E-state index contributed by atoms with van der Waals surface area (Å²) in [6.07, 6.45) is 1.07. The second-order valence-corrected chi connectivity index (χ2v) is 3.80. The van der Waals surface area contributed by atoms with Crippen molar-refractivity contribution in [1.82, 2.24) is 15.1 Å². The summed E-state index contributed by atoms with van der Waals surface area (Å²) in [6, 6.07) is -0.483. The summed E-state index contributed by atoms with van der Waals surface area (Å²) in [5.74, 6) is -2.15. The summed E-state index contributed by atoms with van der Waals surface area (Å²) in [7, 11) is 1.66. The fourth-order valence-corrected chi connectivity index (χ4v) is 1.32. The van der Waals surface area contributed by atoms with Crippen LogP contribution >= 0.6 is 0 Å². The number of aliphatic carboxylic acids is 2. The van der Waals surface area contributed by atoms with Crippen LogP contribution in [0.25, 0.3) is 0 Å². The highest BCUT2D eigenvalue weighted by molar-refractivity contribution is 5.91. The van der Waals surface area contributed by atoms with Crippen molar-refractivity contribution >= 4 is 23.8 Å². The number of aryl methyl sites for hydroxylation is 1. The van der Waals surface area contributed by atoms with Crippen molar-refractivity contribution in [2.45, 2.75) is 18.9 Å². The topological polar surface area (TPSA) is 134 Å². The first kappa shape index (κ1) is 14.5. The molecule has 19 heavy (non-hydrogen) atoms. The number of hydrogen-bond acceptors (Lipinski definition) is 4. The first-order valence-corrected chi connectivity index (χ1v) is 5.40. The number of urea groups is 1. The van der Waals surface area contributed by atoms with Gasteiger partial charge >= 0.3 is 18.0 Å². The summed E-state index contributed by atoms with van der Waals surface area (Å²) in [6.45, 7) is 0. The van der Waals surface area contributed by atoms with E-state index in [1.165, 1.54) is 10.7 Å². The zero-order valence-electron chi connectivity index (χ0n) is 10.2. The monoisotopic (exact) mass is 270 g/mol. The molecule has 1 atom stereocenters. The van der Waals surface area contributed by atoms with Crippen LogP contribution in [0.2, 0.25) is 0 Å². The van der Waals surface area contributed by atoms with Gasteiger partial charge in [0.05, 0.1) is 0 Å². The molecule has 0 aliphatic heterocycles. The molecular weight excluding hydrogens is 256 g/mol. The molecule has 1 aromatic rings. The SMILES string of the molecule is Cn1ccc(NC(=O)NC(CCC(=O)O)C(=O)O)n1. The molecule has 9 nitrogen and oxygen atoms in total. The predicted molar refractivity (Wildman–Crippen MR) is 63.7 cm³/mol. The van der Waals surface area contributed by atoms with Crippen molar-refractivity contribution < 1.29 is 24.6 Å². The van der Waals surface area contributed by atoms with E-state index >= 15 is 0 Å². The van der Waals surface area contributed by atoms with E-state index in [1.54, 1.807) is 13.2 Å². The molecule has 1 unspecified atom stereocenters. The number of carboxylic acids is 2. The first-order valence-electron chi connectivity index (χ1n) is 5.40. The number of carbonyl (C=O) groups is 3. The van der Waals surface area contributed by atoms with Crippen molar-refractivity contribution in [2.75, 3.05) is 5.32 Å². The van der Waals surface area contributed by atoms with Crippen LogP contribution in [0.4, 0.5) is 10.6 Å².